The Morgan fingerprint density at radius 1 is 1.75 bits per heavy atom. The number of likely N-dealkylation sites (tertiary alicyclic amines) is 1. The minimum Gasteiger partial charge on any atom is -0.325 e. The summed E-state index contributed by atoms with van der Waals surface area (Å²) in [5.41, 5.74) is 8.76. The summed E-state index contributed by atoms with van der Waals surface area (Å²) >= 11 is 1.73. The highest BCUT2D eigenvalue weighted by Gasteiger charge is 2.23. The summed E-state index contributed by atoms with van der Waals surface area (Å²) in [5.74, 6) is 0. The summed E-state index contributed by atoms with van der Waals surface area (Å²) in [6.45, 7) is 5.17. The van der Waals surface area contributed by atoms with E-state index in [4.69, 9.17) is 5.73 Å². The van der Waals surface area contributed by atoms with Crippen LogP contribution in [0.3, 0.4) is 0 Å². The molecule has 2 rings (SSSR count). The maximum absolute atomic E-state index is 5.68. The molecule has 0 bridgehead atoms. The van der Waals surface area contributed by atoms with Crippen LogP contribution in [0.25, 0.3) is 0 Å². The molecule has 0 saturated carbocycles. The van der Waals surface area contributed by atoms with E-state index in [0.717, 1.165) is 19.6 Å². The molecule has 0 aliphatic carbocycles. The van der Waals surface area contributed by atoms with E-state index in [9.17, 15) is 0 Å². The second-order valence-corrected chi connectivity index (χ2v) is 4.25. The lowest BCUT2D eigenvalue weighted by molar-refractivity contribution is 0.143. The summed E-state index contributed by atoms with van der Waals surface area (Å²) in [7, 11) is 0. The number of nitrogens with zero attached hydrogens (tertiary/aromatic N) is 2. The largest absolute Gasteiger partial charge is 0.325 e. The molecular weight excluding hydrogens is 170 g/mol. The van der Waals surface area contributed by atoms with E-state index >= 15 is 0 Å². The monoisotopic (exact) mass is 183 g/mol. The fourth-order valence-corrected chi connectivity index (χ4v) is 2.24. The quantitative estimate of drug-likeness (QED) is 0.730. The summed E-state index contributed by atoms with van der Waals surface area (Å²) in [4.78, 5) is 7.94. The predicted molar refractivity (Wildman–Crippen MR) is 50.1 cm³/mol. The average molecular weight is 183 g/mol. The van der Waals surface area contributed by atoms with Gasteiger partial charge in [0.1, 0.15) is 0 Å². The van der Waals surface area contributed by atoms with Crippen LogP contribution in [-0.2, 0) is 6.54 Å². The second kappa shape index (κ2) is 3.12. The average Bonchev–Trinajstić information content (AvgIpc) is 2.33. The van der Waals surface area contributed by atoms with Gasteiger partial charge in [0, 0.05) is 30.6 Å². The van der Waals surface area contributed by atoms with Crippen LogP contribution < -0.4 is 5.73 Å². The van der Waals surface area contributed by atoms with Gasteiger partial charge in [-0.15, -0.1) is 11.3 Å². The number of aryl methyl sites for hydroxylation is 1. The zero-order valence-corrected chi connectivity index (χ0v) is 7.97. The number of hydrogen-bond acceptors (Lipinski definition) is 4. The summed E-state index contributed by atoms with van der Waals surface area (Å²) < 4.78 is 0. The van der Waals surface area contributed by atoms with Gasteiger partial charge < -0.3 is 5.73 Å². The minimum absolute atomic E-state index is 0.401. The molecule has 1 aliphatic heterocycles. The molecule has 66 valence electrons. The van der Waals surface area contributed by atoms with Crippen LogP contribution in [0.4, 0.5) is 0 Å². The Morgan fingerprint density at radius 3 is 3.00 bits per heavy atom. The van der Waals surface area contributed by atoms with Crippen molar-refractivity contribution in [1.82, 2.24) is 9.88 Å². The smallest absolute Gasteiger partial charge is 0.0798 e. The van der Waals surface area contributed by atoms with Crippen molar-refractivity contribution >= 4 is 11.3 Å². The van der Waals surface area contributed by atoms with Crippen LogP contribution >= 0.6 is 11.3 Å². The molecule has 2 heterocycles. The highest BCUT2D eigenvalue weighted by atomic mass is 32.1. The molecule has 0 unspecified atom stereocenters. The lowest BCUT2D eigenvalue weighted by Gasteiger charge is -2.36. The molecule has 1 saturated heterocycles. The third kappa shape index (κ3) is 1.50. The van der Waals surface area contributed by atoms with Crippen LogP contribution in [0.15, 0.2) is 5.51 Å². The van der Waals surface area contributed by atoms with Gasteiger partial charge in [0.05, 0.1) is 11.2 Å². The van der Waals surface area contributed by atoms with E-state index in [1.54, 1.807) is 11.3 Å². The second-order valence-electron chi connectivity index (χ2n) is 3.32. The van der Waals surface area contributed by atoms with Crippen LogP contribution in [0.1, 0.15) is 10.6 Å². The number of rotatable bonds is 2. The van der Waals surface area contributed by atoms with Gasteiger partial charge in [-0.3, -0.25) is 4.90 Å². The maximum atomic E-state index is 5.68. The third-order valence-electron chi connectivity index (χ3n) is 2.20. The molecule has 0 amide bonds. The maximum Gasteiger partial charge on any atom is 0.0798 e. The van der Waals surface area contributed by atoms with Crippen LogP contribution in [0.5, 0.6) is 0 Å². The first kappa shape index (κ1) is 8.16. The van der Waals surface area contributed by atoms with Gasteiger partial charge in [0.25, 0.3) is 0 Å². The molecule has 0 radical (unpaired) electrons. The molecule has 2 N–H and O–H groups in total. The first-order valence-corrected chi connectivity index (χ1v) is 5.00. The van der Waals surface area contributed by atoms with E-state index < -0.39 is 0 Å². The molecule has 12 heavy (non-hydrogen) atoms. The van der Waals surface area contributed by atoms with E-state index in [0.29, 0.717) is 6.04 Å². The standard InChI is InChI=1S/C8H13N3S/c1-6-8(12-5-10-6)4-11-2-7(9)3-11/h5,7H,2-4,9H2,1H3. The molecule has 1 aromatic heterocycles. The lowest BCUT2D eigenvalue weighted by Crippen LogP contribution is -2.54. The van der Waals surface area contributed by atoms with Crippen molar-refractivity contribution in [2.24, 2.45) is 5.73 Å². The molecule has 0 spiro atoms. The van der Waals surface area contributed by atoms with Gasteiger partial charge in [-0.05, 0) is 6.92 Å². The van der Waals surface area contributed by atoms with Crippen molar-refractivity contribution in [1.29, 1.82) is 0 Å². The summed E-state index contributed by atoms with van der Waals surface area (Å²) in [5, 5.41) is 0. The Labute approximate surface area is 76.2 Å². The summed E-state index contributed by atoms with van der Waals surface area (Å²) in [6.07, 6.45) is 0. The van der Waals surface area contributed by atoms with Crippen LogP contribution in [0.2, 0.25) is 0 Å². The number of thiazole rings is 1. The number of nitrogens with two attached hydrogens (primary N) is 1. The van der Waals surface area contributed by atoms with Crippen LogP contribution in [-0.4, -0.2) is 29.0 Å². The molecule has 4 heteroatoms. The molecule has 0 atom stereocenters. The van der Waals surface area contributed by atoms with Gasteiger partial charge in [-0.1, -0.05) is 0 Å². The predicted octanol–water partition coefficient (Wildman–Crippen LogP) is 0.594. The van der Waals surface area contributed by atoms with Crippen molar-refractivity contribution in [3.05, 3.63) is 16.1 Å². The zero-order chi connectivity index (χ0) is 8.55. The Hall–Kier alpha value is -0.450. The van der Waals surface area contributed by atoms with Crippen molar-refractivity contribution in [3.8, 4) is 0 Å². The van der Waals surface area contributed by atoms with Gasteiger partial charge >= 0.3 is 0 Å². The Bertz CT molecular complexity index is 265. The minimum atomic E-state index is 0.401. The van der Waals surface area contributed by atoms with Crippen molar-refractivity contribution in [3.63, 3.8) is 0 Å². The molecule has 1 fully saturated rings. The van der Waals surface area contributed by atoms with Gasteiger partial charge in [-0.25, -0.2) is 4.98 Å². The highest BCUT2D eigenvalue weighted by molar-refractivity contribution is 7.09. The molecule has 0 aromatic carbocycles. The van der Waals surface area contributed by atoms with E-state index in [1.165, 1.54) is 10.6 Å². The molecule has 3 nitrogen and oxygen atoms in total. The SMILES string of the molecule is Cc1ncsc1CN1CC(N)C1. The van der Waals surface area contributed by atoms with E-state index in [-0.39, 0.29) is 0 Å². The van der Waals surface area contributed by atoms with Crippen molar-refractivity contribution in [2.75, 3.05) is 13.1 Å². The van der Waals surface area contributed by atoms with Crippen LogP contribution in [0, 0.1) is 6.92 Å². The number of aromatic nitrogens is 1. The highest BCUT2D eigenvalue weighted by Crippen LogP contribution is 2.17. The Balaban J connectivity index is 1.92. The fourth-order valence-electron chi connectivity index (χ4n) is 1.42. The first-order chi connectivity index (χ1) is 5.75. The normalized spacial score (nSPS) is 19.5. The topological polar surface area (TPSA) is 42.2 Å². The molecular formula is C8H13N3S. The van der Waals surface area contributed by atoms with Crippen molar-refractivity contribution in [2.45, 2.75) is 19.5 Å². The zero-order valence-electron chi connectivity index (χ0n) is 7.16. The van der Waals surface area contributed by atoms with Gasteiger partial charge in [0.15, 0.2) is 0 Å². The summed E-state index contributed by atoms with van der Waals surface area (Å²) in [6, 6.07) is 0.401. The van der Waals surface area contributed by atoms with Gasteiger partial charge in [-0.2, -0.15) is 0 Å². The van der Waals surface area contributed by atoms with Crippen molar-refractivity contribution < 1.29 is 0 Å². The lowest BCUT2D eigenvalue weighted by atomic mass is 10.1. The third-order valence-corrected chi connectivity index (χ3v) is 3.12. The Kier molecular flexibility index (Phi) is 2.12. The fraction of sp³-hybridized carbons (Fsp3) is 0.625. The number of hydrogen-bond donors (Lipinski definition) is 1. The Morgan fingerprint density at radius 2 is 2.50 bits per heavy atom. The van der Waals surface area contributed by atoms with E-state index in [2.05, 4.69) is 16.8 Å². The first-order valence-electron chi connectivity index (χ1n) is 4.12. The molecule has 1 aromatic rings. The van der Waals surface area contributed by atoms with Gasteiger partial charge in [0.2, 0.25) is 0 Å². The van der Waals surface area contributed by atoms with E-state index in [1.807, 2.05) is 5.51 Å². The molecule has 1 aliphatic rings.